The molecule has 0 N–H and O–H groups in total. The van der Waals surface area contributed by atoms with Crippen molar-refractivity contribution in [3.63, 3.8) is 0 Å². The maximum Gasteiger partial charge on any atom is 0.243 e. The Hall–Kier alpha value is -2.77. The third-order valence-electron chi connectivity index (χ3n) is 7.07. The average Bonchev–Trinajstić information content (AvgIpc) is 2.88. The molecule has 3 heterocycles. The lowest BCUT2D eigenvalue weighted by Crippen LogP contribution is -2.45. The zero-order valence-electron chi connectivity index (χ0n) is 18.6. The van der Waals surface area contributed by atoms with Crippen LogP contribution in [0.1, 0.15) is 25.7 Å². The van der Waals surface area contributed by atoms with E-state index in [1.54, 1.807) is 24.5 Å². The Bertz CT molecular complexity index is 1240. The lowest BCUT2D eigenvalue weighted by Gasteiger charge is -2.36. The van der Waals surface area contributed by atoms with Crippen molar-refractivity contribution in [3.8, 4) is 0 Å². The van der Waals surface area contributed by atoms with E-state index in [9.17, 15) is 13.2 Å². The number of anilines is 1. The molecule has 2 fully saturated rings. The van der Waals surface area contributed by atoms with Crippen LogP contribution in [-0.2, 0) is 14.8 Å². The van der Waals surface area contributed by atoms with Crippen LogP contribution in [0.4, 0.5) is 5.69 Å². The molecule has 2 saturated heterocycles. The molecule has 5 rings (SSSR count). The molecule has 172 valence electrons. The van der Waals surface area contributed by atoms with Gasteiger partial charge in [0.1, 0.15) is 5.78 Å². The zero-order valence-corrected chi connectivity index (χ0v) is 19.5. The monoisotopic (exact) mass is 463 g/mol. The van der Waals surface area contributed by atoms with Crippen LogP contribution >= 0.6 is 0 Å². The average molecular weight is 464 g/mol. The highest BCUT2D eigenvalue weighted by molar-refractivity contribution is 7.89. The van der Waals surface area contributed by atoms with Crippen molar-refractivity contribution in [2.75, 3.05) is 31.1 Å². The van der Waals surface area contributed by atoms with E-state index < -0.39 is 10.0 Å². The van der Waals surface area contributed by atoms with E-state index in [4.69, 9.17) is 0 Å². The summed E-state index contributed by atoms with van der Waals surface area (Å²) in [4.78, 5) is 20.0. The van der Waals surface area contributed by atoms with Gasteiger partial charge >= 0.3 is 0 Å². The number of nitrogens with zero attached hydrogens (tertiary/aromatic N) is 3. The minimum atomic E-state index is -3.63. The molecule has 6 nitrogen and oxygen atoms in total. The summed E-state index contributed by atoms with van der Waals surface area (Å²) in [5.41, 5.74) is 1.14. The number of Topliss-reactive ketones (excluding diaryl/α,β-unsaturated/α-hetero) is 1. The predicted molar refractivity (Wildman–Crippen MR) is 130 cm³/mol. The Morgan fingerprint density at radius 3 is 2.33 bits per heavy atom. The summed E-state index contributed by atoms with van der Waals surface area (Å²) in [7, 11) is -3.63. The van der Waals surface area contributed by atoms with Crippen LogP contribution in [0, 0.1) is 11.8 Å². The summed E-state index contributed by atoms with van der Waals surface area (Å²) in [6.07, 6.45) is 6.70. The number of aromatic nitrogens is 1. The fraction of sp³-hybridized carbons (Fsp3) is 0.385. The molecule has 1 unspecified atom stereocenters. The first-order valence-electron chi connectivity index (χ1n) is 11.7. The highest BCUT2D eigenvalue weighted by Crippen LogP contribution is 2.31. The van der Waals surface area contributed by atoms with E-state index in [1.165, 1.54) is 4.31 Å². The quantitative estimate of drug-likeness (QED) is 0.569. The smallest absolute Gasteiger partial charge is 0.243 e. The number of piperidine rings is 2. The second kappa shape index (κ2) is 9.23. The molecule has 7 heteroatoms. The summed E-state index contributed by atoms with van der Waals surface area (Å²) in [6, 6.07) is 17.0. The van der Waals surface area contributed by atoms with Gasteiger partial charge in [-0.3, -0.25) is 9.78 Å². The van der Waals surface area contributed by atoms with Crippen LogP contribution in [0.5, 0.6) is 0 Å². The number of pyridine rings is 1. The lowest BCUT2D eigenvalue weighted by atomic mass is 9.82. The first kappa shape index (κ1) is 22.0. The zero-order chi connectivity index (χ0) is 22.8. The summed E-state index contributed by atoms with van der Waals surface area (Å²) in [5.74, 6) is 0.0330. The molecule has 33 heavy (non-hydrogen) atoms. The van der Waals surface area contributed by atoms with E-state index in [1.807, 2.05) is 42.5 Å². The van der Waals surface area contributed by atoms with Gasteiger partial charge in [-0.25, -0.2) is 8.42 Å². The molecule has 0 amide bonds. The molecule has 1 aromatic heterocycles. The summed E-state index contributed by atoms with van der Waals surface area (Å²) >= 11 is 0. The number of rotatable bonds is 5. The Morgan fingerprint density at radius 2 is 1.58 bits per heavy atom. The van der Waals surface area contributed by atoms with Crippen LogP contribution in [0.25, 0.3) is 10.8 Å². The Morgan fingerprint density at radius 1 is 0.848 bits per heavy atom. The van der Waals surface area contributed by atoms with Crippen molar-refractivity contribution in [2.45, 2.75) is 30.6 Å². The van der Waals surface area contributed by atoms with Crippen LogP contribution in [0.2, 0.25) is 0 Å². The largest absolute Gasteiger partial charge is 0.371 e. The van der Waals surface area contributed by atoms with Gasteiger partial charge in [-0.2, -0.15) is 4.31 Å². The fourth-order valence-electron chi connectivity index (χ4n) is 5.18. The molecule has 0 aliphatic carbocycles. The first-order chi connectivity index (χ1) is 16.0. The lowest BCUT2D eigenvalue weighted by molar-refractivity contribution is -0.128. The highest BCUT2D eigenvalue weighted by Gasteiger charge is 2.36. The van der Waals surface area contributed by atoms with Gasteiger partial charge in [-0.1, -0.05) is 30.3 Å². The number of hydrogen-bond acceptors (Lipinski definition) is 5. The second-order valence-corrected chi connectivity index (χ2v) is 11.0. The SMILES string of the molecule is O=C(C1CCN(c2ccncc2)CC1)C1CCCN(S(=O)(=O)c2ccc3ccccc3c2)C1. The molecule has 0 bridgehead atoms. The van der Waals surface area contributed by atoms with Gasteiger partial charge < -0.3 is 4.90 Å². The predicted octanol–water partition coefficient (Wildman–Crippen LogP) is 4.12. The molecule has 1 atom stereocenters. The molecule has 2 aliphatic heterocycles. The van der Waals surface area contributed by atoms with Gasteiger partial charge in [0.2, 0.25) is 10.0 Å². The molecule has 3 aromatic rings. The normalized spacial score (nSPS) is 20.7. The number of benzene rings is 2. The molecular weight excluding hydrogens is 434 g/mol. The molecule has 2 aromatic carbocycles. The Labute approximate surface area is 195 Å². The molecule has 2 aliphatic rings. The maximum absolute atomic E-state index is 13.4. The molecule has 0 saturated carbocycles. The molecular formula is C26H29N3O3S. The first-order valence-corrected chi connectivity index (χ1v) is 13.1. The van der Waals surface area contributed by atoms with Gasteiger partial charge in [-0.15, -0.1) is 0 Å². The van der Waals surface area contributed by atoms with Crippen LogP contribution < -0.4 is 4.90 Å². The van der Waals surface area contributed by atoms with E-state index in [0.29, 0.717) is 18.0 Å². The molecule has 0 spiro atoms. The third kappa shape index (κ3) is 4.52. The van der Waals surface area contributed by atoms with Crippen molar-refractivity contribution >= 4 is 32.3 Å². The minimum Gasteiger partial charge on any atom is -0.371 e. The van der Waals surface area contributed by atoms with Crippen molar-refractivity contribution in [1.82, 2.24) is 9.29 Å². The van der Waals surface area contributed by atoms with Gasteiger partial charge in [0.15, 0.2) is 0 Å². The van der Waals surface area contributed by atoms with Crippen LogP contribution in [0.3, 0.4) is 0 Å². The minimum absolute atomic E-state index is 0.0106. The van der Waals surface area contributed by atoms with Gasteiger partial charge in [0.25, 0.3) is 0 Å². The van der Waals surface area contributed by atoms with E-state index >= 15 is 0 Å². The van der Waals surface area contributed by atoms with Gasteiger partial charge in [-0.05, 0) is 60.7 Å². The number of fused-ring (bicyclic) bond motifs is 1. The van der Waals surface area contributed by atoms with E-state index in [2.05, 4.69) is 9.88 Å². The standard InChI is InChI=1S/C26H29N3O3S/c30-26(21-11-16-28(17-12-21)24-9-13-27-14-10-24)23-6-3-15-29(19-23)33(31,32)25-8-7-20-4-1-2-5-22(20)18-25/h1-2,4-5,7-10,13-14,18,21,23H,3,6,11-12,15-17,19H2. The molecule has 0 radical (unpaired) electrons. The van der Waals surface area contributed by atoms with Crippen molar-refractivity contribution in [3.05, 3.63) is 67.0 Å². The van der Waals surface area contributed by atoms with Crippen molar-refractivity contribution < 1.29 is 13.2 Å². The topological polar surface area (TPSA) is 70.6 Å². The Kier molecular flexibility index (Phi) is 6.17. The number of carbonyl (C=O) groups excluding carboxylic acids is 1. The van der Waals surface area contributed by atoms with Gasteiger partial charge in [0, 0.05) is 56.1 Å². The second-order valence-electron chi connectivity index (χ2n) is 9.08. The van der Waals surface area contributed by atoms with E-state index in [0.717, 1.165) is 55.2 Å². The fourth-order valence-corrected chi connectivity index (χ4v) is 6.74. The number of hydrogen-bond donors (Lipinski definition) is 0. The Balaban J connectivity index is 1.26. The van der Waals surface area contributed by atoms with E-state index in [-0.39, 0.29) is 17.6 Å². The van der Waals surface area contributed by atoms with Crippen molar-refractivity contribution in [1.29, 1.82) is 0 Å². The number of ketones is 1. The summed E-state index contributed by atoms with van der Waals surface area (Å²) < 4.78 is 28.3. The maximum atomic E-state index is 13.4. The third-order valence-corrected chi connectivity index (χ3v) is 8.93. The van der Waals surface area contributed by atoms with Crippen LogP contribution in [-0.4, -0.2) is 49.7 Å². The summed E-state index contributed by atoms with van der Waals surface area (Å²) in [6.45, 7) is 2.44. The number of sulfonamides is 1. The van der Waals surface area contributed by atoms with Crippen molar-refractivity contribution in [2.24, 2.45) is 11.8 Å². The number of carbonyl (C=O) groups is 1. The highest BCUT2D eigenvalue weighted by atomic mass is 32.2. The van der Waals surface area contributed by atoms with Gasteiger partial charge in [0.05, 0.1) is 4.90 Å². The van der Waals surface area contributed by atoms with Crippen LogP contribution in [0.15, 0.2) is 71.9 Å². The summed E-state index contributed by atoms with van der Waals surface area (Å²) in [5, 5.41) is 1.92.